The maximum Gasteiger partial charge on any atom is 0.311 e. The highest BCUT2D eigenvalue weighted by molar-refractivity contribution is 7.98. The molecule has 4 rings (SSSR count). The van der Waals surface area contributed by atoms with Crippen LogP contribution in [-0.4, -0.2) is 78.8 Å². The number of anilines is 2. The van der Waals surface area contributed by atoms with Crippen molar-refractivity contribution in [2.75, 3.05) is 69.3 Å². The van der Waals surface area contributed by atoms with Crippen molar-refractivity contribution in [3.8, 4) is 0 Å². The first kappa shape index (κ1) is 27.7. The Morgan fingerprint density at radius 3 is 2.58 bits per heavy atom. The van der Waals surface area contributed by atoms with Crippen molar-refractivity contribution >= 4 is 35.2 Å². The van der Waals surface area contributed by atoms with Crippen molar-refractivity contribution in [3.63, 3.8) is 0 Å². The standard InChI is InChI=1S/C28H36N6O3S/c1-31(2)21-24-10-11-25(37-24)22-38-20-14-29-28-26(34(35)36)12-13-27(30-28)33-18-16-32(17-19-33)15-6-9-23-7-4-3-5-8-23/h3-13H,14-22H2,1-2H3,(H,29,30)/b9-6+. The first-order valence-electron chi connectivity index (χ1n) is 12.9. The van der Waals surface area contributed by atoms with E-state index in [2.05, 4.69) is 49.3 Å². The SMILES string of the molecule is CN(C)Cc1ccc(CSCCNc2nc(N3CCN(C/C=C/c4ccccc4)CC3)ccc2[N+](=O)[O-])o1. The highest BCUT2D eigenvalue weighted by atomic mass is 32.2. The number of pyridine rings is 1. The maximum absolute atomic E-state index is 11.6. The first-order valence-corrected chi connectivity index (χ1v) is 14.0. The van der Waals surface area contributed by atoms with Gasteiger partial charge in [-0.3, -0.25) is 15.0 Å². The van der Waals surface area contributed by atoms with Crippen molar-refractivity contribution in [2.24, 2.45) is 0 Å². The zero-order chi connectivity index (χ0) is 26.7. The fourth-order valence-electron chi connectivity index (χ4n) is 4.27. The predicted octanol–water partition coefficient (Wildman–Crippen LogP) is 4.83. The number of aromatic nitrogens is 1. The van der Waals surface area contributed by atoms with Gasteiger partial charge in [0.15, 0.2) is 0 Å². The monoisotopic (exact) mass is 536 g/mol. The topological polar surface area (TPSA) is 90.9 Å². The summed E-state index contributed by atoms with van der Waals surface area (Å²) in [5.41, 5.74) is 1.21. The number of hydrogen-bond donors (Lipinski definition) is 1. The van der Waals surface area contributed by atoms with Gasteiger partial charge in [0.05, 0.1) is 17.2 Å². The Labute approximate surface area is 228 Å². The van der Waals surface area contributed by atoms with Crippen LogP contribution in [0.1, 0.15) is 17.1 Å². The molecule has 1 aromatic carbocycles. The van der Waals surface area contributed by atoms with Crippen LogP contribution in [0.25, 0.3) is 6.08 Å². The molecule has 10 heteroatoms. The van der Waals surface area contributed by atoms with Crippen LogP contribution >= 0.6 is 11.8 Å². The predicted molar refractivity (Wildman–Crippen MR) is 156 cm³/mol. The number of nitrogens with zero attached hydrogens (tertiary/aromatic N) is 5. The molecule has 0 bridgehead atoms. The van der Waals surface area contributed by atoms with E-state index in [9.17, 15) is 10.1 Å². The van der Waals surface area contributed by atoms with E-state index in [0.717, 1.165) is 68.1 Å². The number of furan rings is 1. The summed E-state index contributed by atoms with van der Waals surface area (Å²) in [6, 6.07) is 17.6. The molecule has 0 atom stereocenters. The average molecular weight is 537 g/mol. The molecule has 1 aliphatic heterocycles. The van der Waals surface area contributed by atoms with Crippen LogP contribution in [-0.2, 0) is 12.3 Å². The van der Waals surface area contributed by atoms with Gasteiger partial charge in [0.2, 0.25) is 5.82 Å². The quantitative estimate of drug-likeness (QED) is 0.187. The highest BCUT2D eigenvalue weighted by Crippen LogP contribution is 2.26. The van der Waals surface area contributed by atoms with Crippen molar-refractivity contribution in [3.05, 3.63) is 87.9 Å². The minimum atomic E-state index is -0.377. The number of rotatable bonds is 13. The molecule has 0 unspecified atom stereocenters. The van der Waals surface area contributed by atoms with Crippen LogP contribution < -0.4 is 10.2 Å². The molecule has 2 aromatic heterocycles. The van der Waals surface area contributed by atoms with Crippen LogP contribution in [0.2, 0.25) is 0 Å². The van der Waals surface area contributed by atoms with Crippen LogP contribution in [0, 0.1) is 10.1 Å². The van der Waals surface area contributed by atoms with Gasteiger partial charge in [-0.1, -0.05) is 42.5 Å². The van der Waals surface area contributed by atoms with Crippen molar-refractivity contribution in [1.82, 2.24) is 14.8 Å². The van der Waals surface area contributed by atoms with E-state index in [4.69, 9.17) is 4.42 Å². The summed E-state index contributed by atoms with van der Waals surface area (Å²) in [5, 5.41) is 14.8. The summed E-state index contributed by atoms with van der Waals surface area (Å²) < 4.78 is 5.84. The summed E-state index contributed by atoms with van der Waals surface area (Å²) in [5.74, 6) is 4.52. The number of benzene rings is 1. The first-order chi connectivity index (χ1) is 18.5. The second-order valence-corrected chi connectivity index (χ2v) is 10.6. The lowest BCUT2D eigenvalue weighted by Crippen LogP contribution is -2.46. The van der Waals surface area contributed by atoms with Gasteiger partial charge in [0, 0.05) is 51.1 Å². The van der Waals surface area contributed by atoms with Gasteiger partial charge in [0.1, 0.15) is 17.3 Å². The third-order valence-electron chi connectivity index (χ3n) is 6.20. The summed E-state index contributed by atoms with van der Waals surface area (Å²) in [4.78, 5) is 22.5. The van der Waals surface area contributed by atoms with Gasteiger partial charge in [-0.2, -0.15) is 11.8 Å². The second-order valence-electron chi connectivity index (χ2n) is 9.48. The molecule has 1 fully saturated rings. The van der Waals surface area contributed by atoms with Gasteiger partial charge < -0.3 is 19.5 Å². The average Bonchev–Trinajstić information content (AvgIpc) is 3.35. The largest absolute Gasteiger partial charge is 0.464 e. The van der Waals surface area contributed by atoms with Crippen LogP contribution in [0.5, 0.6) is 0 Å². The Balaban J connectivity index is 1.24. The summed E-state index contributed by atoms with van der Waals surface area (Å²) >= 11 is 1.72. The number of nitro groups is 1. The number of hydrogen-bond acceptors (Lipinski definition) is 9. The Kier molecular flexibility index (Phi) is 10.2. The second kappa shape index (κ2) is 14.0. The van der Waals surface area contributed by atoms with E-state index >= 15 is 0 Å². The molecule has 0 aliphatic carbocycles. The molecule has 0 spiro atoms. The Morgan fingerprint density at radius 1 is 1.08 bits per heavy atom. The van der Waals surface area contributed by atoms with Gasteiger partial charge in [-0.05, 0) is 37.9 Å². The summed E-state index contributed by atoms with van der Waals surface area (Å²) in [6.45, 7) is 5.75. The van der Waals surface area contributed by atoms with Crippen molar-refractivity contribution < 1.29 is 9.34 Å². The molecule has 0 amide bonds. The molecule has 1 saturated heterocycles. The lowest BCUT2D eigenvalue weighted by molar-refractivity contribution is -0.384. The molecule has 1 N–H and O–H groups in total. The van der Waals surface area contributed by atoms with Crippen LogP contribution in [0.15, 0.2) is 65.1 Å². The van der Waals surface area contributed by atoms with Gasteiger partial charge in [-0.25, -0.2) is 4.98 Å². The van der Waals surface area contributed by atoms with Gasteiger partial charge in [-0.15, -0.1) is 0 Å². The third-order valence-corrected chi connectivity index (χ3v) is 7.18. The van der Waals surface area contributed by atoms with Crippen LogP contribution in [0.3, 0.4) is 0 Å². The van der Waals surface area contributed by atoms with Crippen LogP contribution in [0.4, 0.5) is 17.3 Å². The Hall–Kier alpha value is -3.34. The van der Waals surface area contributed by atoms with E-state index in [1.807, 2.05) is 44.4 Å². The Bertz CT molecular complexity index is 1190. The van der Waals surface area contributed by atoms with E-state index in [0.29, 0.717) is 12.4 Å². The molecule has 3 aromatic rings. The molecule has 0 radical (unpaired) electrons. The fourth-order valence-corrected chi connectivity index (χ4v) is 5.01. The van der Waals surface area contributed by atoms with Crippen molar-refractivity contribution in [2.45, 2.75) is 12.3 Å². The minimum Gasteiger partial charge on any atom is -0.464 e. The summed E-state index contributed by atoms with van der Waals surface area (Å²) in [6.07, 6.45) is 4.35. The lowest BCUT2D eigenvalue weighted by atomic mass is 10.2. The van der Waals surface area contributed by atoms with E-state index in [1.165, 1.54) is 5.56 Å². The molecule has 3 heterocycles. The van der Waals surface area contributed by atoms with E-state index in [-0.39, 0.29) is 10.6 Å². The molecule has 1 aliphatic rings. The smallest absolute Gasteiger partial charge is 0.311 e. The minimum absolute atomic E-state index is 0.00259. The highest BCUT2D eigenvalue weighted by Gasteiger charge is 2.21. The molecular formula is C28H36N6O3S. The molecule has 0 saturated carbocycles. The summed E-state index contributed by atoms with van der Waals surface area (Å²) in [7, 11) is 4.02. The normalized spacial score (nSPS) is 14.4. The molecule has 9 nitrogen and oxygen atoms in total. The molecular weight excluding hydrogens is 500 g/mol. The number of thioether (sulfide) groups is 1. The molecule has 38 heavy (non-hydrogen) atoms. The number of piperazine rings is 1. The van der Waals surface area contributed by atoms with E-state index in [1.54, 1.807) is 23.9 Å². The molecule has 202 valence electrons. The fraction of sp³-hybridized carbons (Fsp3) is 0.393. The third kappa shape index (κ3) is 8.34. The Morgan fingerprint density at radius 2 is 1.84 bits per heavy atom. The lowest BCUT2D eigenvalue weighted by Gasteiger charge is -2.35. The number of nitrogens with one attached hydrogen (secondary N) is 1. The van der Waals surface area contributed by atoms with Gasteiger partial charge in [0.25, 0.3) is 0 Å². The zero-order valence-electron chi connectivity index (χ0n) is 22.1. The van der Waals surface area contributed by atoms with Gasteiger partial charge >= 0.3 is 5.69 Å². The van der Waals surface area contributed by atoms with E-state index < -0.39 is 0 Å². The maximum atomic E-state index is 11.6. The van der Waals surface area contributed by atoms with Crippen molar-refractivity contribution in [1.29, 1.82) is 0 Å². The zero-order valence-corrected chi connectivity index (χ0v) is 22.9.